The van der Waals surface area contributed by atoms with Crippen molar-refractivity contribution >= 4 is 0 Å². The third-order valence-corrected chi connectivity index (χ3v) is 4.89. The number of hydroxylamine groups is 2. The molecule has 1 aliphatic carbocycles. The van der Waals surface area contributed by atoms with Crippen LogP contribution < -0.4 is 0 Å². The van der Waals surface area contributed by atoms with Gasteiger partial charge in [-0.05, 0) is 19.3 Å². The lowest BCUT2D eigenvalue weighted by Crippen LogP contribution is -2.60. The Hall–Kier alpha value is -0.160. The molecular weight excluding hydrogens is 218 g/mol. The highest BCUT2D eigenvalue weighted by molar-refractivity contribution is 5.01. The molecule has 4 heteroatoms. The molecule has 2 spiro atoms. The molecule has 1 saturated carbocycles. The summed E-state index contributed by atoms with van der Waals surface area (Å²) in [5.74, 6) is -0.244. The van der Waals surface area contributed by atoms with Gasteiger partial charge >= 0.3 is 0 Å². The molecule has 0 radical (unpaired) electrons. The van der Waals surface area contributed by atoms with Gasteiger partial charge in [0, 0.05) is 25.8 Å². The van der Waals surface area contributed by atoms with E-state index >= 15 is 0 Å². The number of hydrogen-bond acceptors (Lipinski definition) is 4. The molecule has 17 heavy (non-hydrogen) atoms. The zero-order chi connectivity index (χ0) is 11.3. The molecule has 96 valence electrons. The van der Waals surface area contributed by atoms with Crippen molar-refractivity contribution in [3.63, 3.8) is 0 Å². The van der Waals surface area contributed by atoms with E-state index in [1.165, 1.54) is 25.7 Å². The molecule has 2 atom stereocenters. The molecule has 3 saturated heterocycles. The van der Waals surface area contributed by atoms with Gasteiger partial charge in [0.05, 0.1) is 24.9 Å². The van der Waals surface area contributed by atoms with Crippen LogP contribution in [0.2, 0.25) is 0 Å². The summed E-state index contributed by atoms with van der Waals surface area (Å²) in [4.78, 5) is 5.81. The van der Waals surface area contributed by atoms with Crippen molar-refractivity contribution in [2.45, 2.75) is 62.4 Å². The molecule has 0 aromatic heterocycles. The predicted molar refractivity (Wildman–Crippen MR) is 61.3 cm³/mol. The van der Waals surface area contributed by atoms with Gasteiger partial charge in [0.25, 0.3) is 0 Å². The first-order valence-electron chi connectivity index (χ1n) is 7.03. The summed E-state index contributed by atoms with van der Waals surface area (Å²) >= 11 is 0. The number of hydrogen-bond donors (Lipinski definition) is 0. The van der Waals surface area contributed by atoms with Crippen molar-refractivity contribution in [1.29, 1.82) is 0 Å². The van der Waals surface area contributed by atoms with Gasteiger partial charge in [-0.3, -0.25) is 4.84 Å². The Morgan fingerprint density at radius 2 is 1.76 bits per heavy atom. The Kier molecular flexibility index (Phi) is 2.32. The van der Waals surface area contributed by atoms with Gasteiger partial charge in [-0.2, -0.15) is 5.06 Å². The summed E-state index contributed by atoms with van der Waals surface area (Å²) in [6, 6.07) is 0. The molecule has 3 aliphatic heterocycles. The fraction of sp³-hybridized carbons (Fsp3) is 1.00. The first-order valence-corrected chi connectivity index (χ1v) is 7.03. The first-order chi connectivity index (χ1) is 8.30. The zero-order valence-corrected chi connectivity index (χ0v) is 10.3. The minimum Gasteiger partial charge on any atom is -0.348 e. The second kappa shape index (κ2) is 3.67. The number of nitrogens with zero attached hydrogens (tertiary/aromatic N) is 1. The molecule has 3 heterocycles. The van der Waals surface area contributed by atoms with Gasteiger partial charge < -0.3 is 9.47 Å². The quantitative estimate of drug-likeness (QED) is 0.645. The molecule has 0 amide bonds. The van der Waals surface area contributed by atoms with Crippen LogP contribution in [-0.2, 0) is 14.3 Å². The summed E-state index contributed by atoms with van der Waals surface area (Å²) < 4.78 is 12.3. The number of piperidine rings is 1. The van der Waals surface area contributed by atoms with E-state index < -0.39 is 0 Å². The van der Waals surface area contributed by atoms with Crippen LogP contribution in [0.5, 0.6) is 0 Å². The lowest BCUT2D eigenvalue weighted by Gasteiger charge is -2.48. The van der Waals surface area contributed by atoms with E-state index in [1.807, 2.05) is 0 Å². The Morgan fingerprint density at radius 3 is 2.35 bits per heavy atom. The third kappa shape index (κ3) is 1.58. The number of ether oxygens (including phenoxy) is 2. The van der Waals surface area contributed by atoms with E-state index in [2.05, 4.69) is 5.06 Å². The van der Waals surface area contributed by atoms with Crippen LogP contribution >= 0.6 is 0 Å². The van der Waals surface area contributed by atoms with Gasteiger partial charge in [0.2, 0.25) is 0 Å². The van der Waals surface area contributed by atoms with E-state index in [9.17, 15) is 0 Å². The predicted octanol–water partition coefficient (Wildman–Crippen LogP) is 1.84. The summed E-state index contributed by atoms with van der Waals surface area (Å²) in [7, 11) is 0. The van der Waals surface area contributed by atoms with Crippen molar-refractivity contribution in [1.82, 2.24) is 5.06 Å². The summed E-state index contributed by atoms with van der Waals surface area (Å²) in [6.45, 7) is 2.64. The van der Waals surface area contributed by atoms with E-state index in [0.717, 1.165) is 39.0 Å². The first kappa shape index (κ1) is 10.7. The largest absolute Gasteiger partial charge is 0.348 e. The minimum atomic E-state index is -0.244. The lowest BCUT2D eigenvalue weighted by molar-refractivity contribution is -0.328. The van der Waals surface area contributed by atoms with Crippen LogP contribution in [0, 0.1) is 0 Å². The highest BCUT2D eigenvalue weighted by Crippen LogP contribution is 2.45. The number of fused-ring (bicyclic) bond motifs is 3. The fourth-order valence-corrected chi connectivity index (χ4v) is 3.82. The van der Waals surface area contributed by atoms with Crippen molar-refractivity contribution < 1.29 is 14.3 Å². The lowest BCUT2D eigenvalue weighted by atomic mass is 9.87. The molecule has 0 N–H and O–H groups in total. The molecule has 4 aliphatic rings. The average Bonchev–Trinajstić information content (AvgIpc) is 2.96. The topological polar surface area (TPSA) is 30.9 Å². The fourth-order valence-electron chi connectivity index (χ4n) is 3.82. The second-order valence-corrected chi connectivity index (χ2v) is 6.10. The Labute approximate surface area is 102 Å². The van der Waals surface area contributed by atoms with Gasteiger partial charge in [-0.25, -0.2) is 0 Å². The number of rotatable bonds is 0. The Balaban J connectivity index is 1.47. The Morgan fingerprint density at radius 1 is 1.00 bits per heavy atom. The molecule has 4 nitrogen and oxygen atoms in total. The van der Waals surface area contributed by atoms with Crippen LogP contribution in [0.1, 0.15) is 44.9 Å². The molecule has 0 aromatic carbocycles. The van der Waals surface area contributed by atoms with Crippen molar-refractivity contribution in [2.75, 3.05) is 19.8 Å². The molecule has 2 bridgehead atoms. The van der Waals surface area contributed by atoms with Crippen molar-refractivity contribution in [2.24, 2.45) is 0 Å². The van der Waals surface area contributed by atoms with Gasteiger partial charge in [0.1, 0.15) is 0 Å². The van der Waals surface area contributed by atoms with E-state index in [-0.39, 0.29) is 11.3 Å². The van der Waals surface area contributed by atoms with Crippen molar-refractivity contribution in [3.05, 3.63) is 0 Å². The van der Waals surface area contributed by atoms with Gasteiger partial charge in [0.15, 0.2) is 5.79 Å². The highest BCUT2D eigenvalue weighted by atomic mass is 16.7. The second-order valence-electron chi connectivity index (χ2n) is 6.10. The van der Waals surface area contributed by atoms with Crippen molar-refractivity contribution in [3.8, 4) is 0 Å². The maximum absolute atomic E-state index is 6.15. The monoisotopic (exact) mass is 239 g/mol. The maximum Gasteiger partial charge on any atom is 0.168 e. The van der Waals surface area contributed by atoms with Crippen LogP contribution in [0.25, 0.3) is 0 Å². The summed E-state index contributed by atoms with van der Waals surface area (Å²) in [6.07, 6.45) is 8.65. The highest BCUT2D eigenvalue weighted by Gasteiger charge is 2.56. The SMILES string of the molecule is C1CCC2(CC1)OCC1(CO2)CC2CCN1O2. The average molecular weight is 239 g/mol. The van der Waals surface area contributed by atoms with E-state index in [1.54, 1.807) is 0 Å². The standard InChI is InChI=1S/C13H21NO3/c1-2-5-13(6-3-1)15-9-12(10-16-13)8-11-4-7-14(12)17-11/h11H,1-10H2. The zero-order valence-electron chi connectivity index (χ0n) is 10.3. The molecule has 4 fully saturated rings. The molecule has 4 rings (SSSR count). The Bertz CT molecular complexity index is 304. The molecule has 0 aromatic rings. The van der Waals surface area contributed by atoms with Crippen LogP contribution in [-0.4, -0.2) is 42.3 Å². The van der Waals surface area contributed by atoms with Crippen LogP contribution in [0.4, 0.5) is 0 Å². The molecular formula is C13H21NO3. The van der Waals surface area contributed by atoms with Crippen LogP contribution in [0.3, 0.4) is 0 Å². The summed E-state index contributed by atoms with van der Waals surface area (Å²) in [5.41, 5.74) is 0.0333. The smallest absolute Gasteiger partial charge is 0.168 e. The third-order valence-electron chi connectivity index (χ3n) is 4.89. The normalized spacial score (nSPS) is 42.4. The molecule has 2 unspecified atom stereocenters. The van der Waals surface area contributed by atoms with E-state index in [4.69, 9.17) is 14.3 Å². The maximum atomic E-state index is 6.15. The van der Waals surface area contributed by atoms with Crippen LogP contribution in [0.15, 0.2) is 0 Å². The van der Waals surface area contributed by atoms with Gasteiger partial charge in [-0.15, -0.1) is 0 Å². The minimum absolute atomic E-state index is 0.0333. The van der Waals surface area contributed by atoms with Gasteiger partial charge in [-0.1, -0.05) is 6.42 Å². The van der Waals surface area contributed by atoms with E-state index in [0.29, 0.717) is 6.10 Å². The summed E-state index contributed by atoms with van der Waals surface area (Å²) in [5, 5.41) is 2.13.